The molecule has 0 amide bonds. The molecule has 1 aromatic rings. The normalized spacial score (nSPS) is 14.4. The average Bonchev–Trinajstić information content (AvgIpc) is 2.28. The van der Waals surface area contributed by atoms with Crippen LogP contribution in [0.3, 0.4) is 0 Å². The molecule has 0 aliphatic carbocycles. The van der Waals surface area contributed by atoms with E-state index in [1.54, 1.807) is 26.0 Å². The Balaban J connectivity index is 3.22. The first-order valence-electron chi connectivity index (χ1n) is 6.38. The molecule has 1 N–H and O–H groups in total. The lowest BCUT2D eigenvalue weighted by Crippen LogP contribution is -2.45. The molecule has 0 saturated heterocycles. The molecule has 0 fully saturated rings. The Morgan fingerprint density at radius 2 is 2.00 bits per heavy atom. The van der Waals surface area contributed by atoms with Crippen molar-refractivity contribution in [2.45, 2.75) is 38.0 Å². The van der Waals surface area contributed by atoms with Crippen molar-refractivity contribution < 1.29 is 12.8 Å². The lowest BCUT2D eigenvalue weighted by molar-refractivity contribution is 0.418. The summed E-state index contributed by atoms with van der Waals surface area (Å²) >= 11 is 0. The van der Waals surface area contributed by atoms with Crippen molar-refractivity contribution in [1.82, 2.24) is 5.32 Å². The maximum Gasteiger partial charge on any atom is 0.154 e. The lowest BCUT2D eigenvalue weighted by atomic mass is 9.95. The number of hydrogen-bond acceptors (Lipinski definition) is 3. The number of hydrogen-bond donors (Lipinski definition) is 1. The van der Waals surface area contributed by atoms with E-state index in [9.17, 15) is 12.8 Å². The molecule has 0 aliphatic rings. The predicted octanol–water partition coefficient (Wildman–Crippen LogP) is 2.69. The van der Waals surface area contributed by atoms with Crippen LogP contribution in [0.5, 0.6) is 0 Å². The molecule has 1 atom stereocenters. The van der Waals surface area contributed by atoms with Gasteiger partial charge < -0.3 is 5.32 Å². The van der Waals surface area contributed by atoms with E-state index < -0.39 is 20.6 Å². The van der Waals surface area contributed by atoms with Gasteiger partial charge in [-0.15, -0.1) is 0 Å². The number of nitrogens with one attached hydrogen (secondary N) is 1. The van der Waals surface area contributed by atoms with Gasteiger partial charge in [0.05, 0.1) is 10.8 Å². The van der Waals surface area contributed by atoms with Crippen LogP contribution < -0.4 is 5.32 Å². The molecule has 1 rings (SSSR count). The molecule has 1 aromatic carbocycles. The minimum atomic E-state index is -3.28. The minimum Gasteiger partial charge on any atom is -0.309 e. The van der Waals surface area contributed by atoms with Crippen molar-refractivity contribution >= 4 is 9.84 Å². The van der Waals surface area contributed by atoms with Gasteiger partial charge in [-0.1, -0.05) is 19.1 Å². The van der Waals surface area contributed by atoms with Crippen molar-refractivity contribution in [2.75, 3.05) is 12.8 Å². The molecule has 0 heterocycles. The van der Waals surface area contributed by atoms with Crippen LogP contribution in [-0.4, -0.2) is 26.0 Å². The molecule has 3 nitrogen and oxygen atoms in total. The van der Waals surface area contributed by atoms with Gasteiger partial charge in [0, 0.05) is 6.26 Å². The molecule has 0 saturated carbocycles. The highest BCUT2D eigenvalue weighted by atomic mass is 32.2. The van der Waals surface area contributed by atoms with Crippen LogP contribution in [0, 0.1) is 5.82 Å². The molecule has 1 unspecified atom stereocenters. The van der Waals surface area contributed by atoms with Gasteiger partial charge in [0.15, 0.2) is 9.84 Å². The van der Waals surface area contributed by atoms with Crippen molar-refractivity contribution in [2.24, 2.45) is 0 Å². The highest BCUT2D eigenvalue weighted by Crippen LogP contribution is 2.32. The van der Waals surface area contributed by atoms with E-state index in [1.807, 2.05) is 6.92 Å². The largest absolute Gasteiger partial charge is 0.309 e. The topological polar surface area (TPSA) is 46.2 Å². The predicted molar refractivity (Wildman–Crippen MR) is 76.4 cm³/mol. The zero-order valence-electron chi connectivity index (χ0n) is 11.9. The molecule has 0 aliphatic heterocycles. The first kappa shape index (κ1) is 16.1. The van der Waals surface area contributed by atoms with E-state index in [0.717, 1.165) is 6.42 Å². The standard InChI is InChI=1S/C14H22FNO2S/c1-5-9-16-13(14(2,3)19(4,17)18)11-7-6-8-12(15)10-11/h6-8,10,13,16H,5,9H2,1-4H3. The van der Waals surface area contributed by atoms with Crippen molar-refractivity contribution in [3.05, 3.63) is 35.6 Å². The van der Waals surface area contributed by atoms with Gasteiger partial charge in [-0.25, -0.2) is 12.8 Å². The summed E-state index contributed by atoms with van der Waals surface area (Å²) in [5.41, 5.74) is 0.656. The van der Waals surface area contributed by atoms with Gasteiger partial charge in [-0.3, -0.25) is 0 Å². The second kappa shape index (κ2) is 6.01. The number of benzene rings is 1. The Morgan fingerprint density at radius 1 is 1.37 bits per heavy atom. The summed E-state index contributed by atoms with van der Waals surface area (Å²) < 4.78 is 36.3. The molecule has 0 radical (unpaired) electrons. The Bertz CT molecular complexity index is 526. The monoisotopic (exact) mass is 287 g/mol. The summed E-state index contributed by atoms with van der Waals surface area (Å²) in [7, 11) is -3.28. The number of rotatable bonds is 6. The third-order valence-corrected chi connectivity index (χ3v) is 5.58. The molecular formula is C14H22FNO2S. The van der Waals surface area contributed by atoms with Gasteiger partial charge in [-0.05, 0) is 44.5 Å². The van der Waals surface area contributed by atoms with E-state index in [1.165, 1.54) is 18.4 Å². The van der Waals surface area contributed by atoms with Crippen LogP contribution in [-0.2, 0) is 9.84 Å². The lowest BCUT2D eigenvalue weighted by Gasteiger charge is -2.34. The van der Waals surface area contributed by atoms with Crippen LogP contribution in [0.25, 0.3) is 0 Å². The highest BCUT2D eigenvalue weighted by molar-refractivity contribution is 7.92. The van der Waals surface area contributed by atoms with Crippen LogP contribution in [0.15, 0.2) is 24.3 Å². The van der Waals surface area contributed by atoms with Gasteiger partial charge in [0.2, 0.25) is 0 Å². The smallest absolute Gasteiger partial charge is 0.154 e. The van der Waals surface area contributed by atoms with Crippen LogP contribution in [0.1, 0.15) is 38.8 Å². The van der Waals surface area contributed by atoms with Gasteiger partial charge >= 0.3 is 0 Å². The maximum atomic E-state index is 13.4. The SMILES string of the molecule is CCCNC(c1cccc(F)c1)C(C)(C)S(C)(=O)=O. The van der Waals surface area contributed by atoms with Crippen molar-refractivity contribution in [1.29, 1.82) is 0 Å². The summed E-state index contributed by atoms with van der Waals surface area (Å²) in [6.07, 6.45) is 2.10. The molecule has 0 spiro atoms. The maximum absolute atomic E-state index is 13.4. The van der Waals surface area contributed by atoms with Crippen LogP contribution in [0.4, 0.5) is 4.39 Å². The fourth-order valence-electron chi connectivity index (χ4n) is 1.95. The fourth-order valence-corrected chi connectivity index (χ4v) is 2.60. The van der Waals surface area contributed by atoms with E-state index in [0.29, 0.717) is 12.1 Å². The van der Waals surface area contributed by atoms with Crippen LogP contribution >= 0.6 is 0 Å². The Labute approximate surface area is 115 Å². The summed E-state index contributed by atoms with van der Waals surface area (Å²) in [4.78, 5) is 0. The average molecular weight is 287 g/mol. The molecule has 5 heteroatoms. The zero-order chi connectivity index (χ0) is 14.7. The summed E-state index contributed by atoms with van der Waals surface area (Å²) in [6, 6.07) is 5.67. The van der Waals surface area contributed by atoms with Gasteiger partial charge in [-0.2, -0.15) is 0 Å². The Kier molecular flexibility index (Phi) is 5.10. The van der Waals surface area contributed by atoms with Crippen LogP contribution in [0.2, 0.25) is 0 Å². The van der Waals surface area contributed by atoms with Gasteiger partial charge in [0.25, 0.3) is 0 Å². The number of sulfone groups is 1. The summed E-state index contributed by atoms with van der Waals surface area (Å²) in [5.74, 6) is -0.356. The number of halogens is 1. The van der Waals surface area contributed by atoms with E-state index in [4.69, 9.17) is 0 Å². The fraction of sp³-hybridized carbons (Fsp3) is 0.571. The first-order valence-corrected chi connectivity index (χ1v) is 8.27. The zero-order valence-corrected chi connectivity index (χ0v) is 12.7. The Hall–Kier alpha value is -0.940. The third kappa shape index (κ3) is 3.76. The van der Waals surface area contributed by atoms with E-state index in [-0.39, 0.29) is 5.82 Å². The third-order valence-electron chi connectivity index (χ3n) is 3.43. The first-order chi connectivity index (χ1) is 8.70. The van der Waals surface area contributed by atoms with E-state index in [2.05, 4.69) is 5.32 Å². The molecule has 108 valence electrons. The molecule has 0 aromatic heterocycles. The quantitative estimate of drug-likeness (QED) is 0.875. The molecular weight excluding hydrogens is 265 g/mol. The molecule has 19 heavy (non-hydrogen) atoms. The van der Waals surface area contributed by atoms with Crippen molar-refractivity contribution in [3.8, 4) is 0 Å². The summed E-state index contributed by atoms with van der Waals surface area (Å²) in [6.45, 7) is 6.02. The second-order valence-corrected chi connectivity index (χ2v) is 7.91. The molecule has 0 bridgehead atoms. The summed E-state index contributed by atoms with van der Waals surface area (Å²) in [5, 5.41) is 3.21. The van der Waals surface area contributed by atoms with E-state index >= 15 is 0 Å². The highest BCUT2D eigenvalue weighted by Gasteiger charge is 2.39. The minimum absolute atomic E-state index is 0.356. The van der Waals surface area contributed by atoms with Gasteiger partial charge in [0.1, 0.15) is 5.82 Å². The second-order valence-electron chi connectivity index (χ2n) is 5.32. The Morgan fingerprint density at radius 3 is 2.47 bits per heavy atom. The van der Waals surface area contributed by atoms with Crippen molar-refractivity contribution in [3.63, 3.8) is 0 Å².